The van der Waals surface area contributed by atoms with Crippen LogP contribution in [0.15, 0.2) is 0 Å². The molecule has 1 aliphatic heterocycles. The third kappa shape index (κ3) is 2.08. The maximum atomic E-state index is 12.2. The molecule has 1 heterocycles. The van der Waals surface area contributed by atoms with E-state index in [1.54, 1.807) is 34.6 Å². The lowest BCUT2D eigenvalue weighted by Crippen LogP contribution is -2.49. The highest BCUT2D eigenvalue weighted by atomic mass is 32.2. The molecule has 0 saturated carbocycles. The minimum atomic E-state index is -3.40. The number of hydrogen-bond donors (Lipinski definition) is 0. The molecule has 15 heavy (non-hydrogen) atoms. The Morgan fingerprint density at radius 2 is 1.73 bits per heavy atom. The minimum Gasteiger partial charge on any atom is -0.298 e. The summed E-state index contributed by atoms with van der Waals surface area (Å²) in [5.74, 6) is -0.00664. The predicted octanol–water partition coefficient (Wildman–Crippen LogP) is 1.17. The van der Waals surface area contributed by atoms with Crippen molar-refractivity contribution < 1.29 is 13.2 Å². The molecule has 4 nitrogen and oxygen atoms in total. The summed E-state index contributed by atoms with van der Waals surface area (Å²) in [5, 5.41) is 0. The van der Waals surface area contributed by atoms with Crippen molar-refractivity contribution in [3.63, 3.8) is 0 Å². The lowest BCUT2D eigenvalue weighted by Gasteiger charge is -2.34. The van der Waals surface area contributed by atoms with Crippen LogP contribution < -0.4 is 0 Å². The van der Waals surface area contributed by atoms with Gasteiger partial charge in [0, 0.05) is 12.0 Å². The molecule has 1 fully saturated rings. The monoisotopic (exact) mass is 233 g/mol. The van der Waals surface area contributed by atoms with Crippen molar-refractivity contribution in [3.05, 3.63) is 0 Å². The summed E-state index contributed by atoms with van der Waals surface area (Å²) >= 11 is 0. The molecule has 0 aliphatic carbocycles. The molecule has 1 rings (SSSR count). The topological polar surface area (TPSA) is 54.5 Å². The van der Waals surface area contributed by atoms with Crippen molar-refractivity contribution in [1.29, 1.82) is 0 Å². The molecular formula is C10H19NO3S. The van der Waals surface area contributed by atoms with Gasteiger partial charge in [0.15, 0.2) is 0 Å². The van der Waals surface area contributed by atoms with E-state index in [0.29, 0.717) is 6.42 Å². The quantitative estimate of drug-likeness (QED) is 0.683. The molecule has 0 aromatic carbocycles. The smallest absolute Gasteiger partial charge is 0.219 e. The van der Waals surface area contributed by atoms with Crippen LogP contribution in [0.3, 0.4) is 0 Å². The number of rotatable bonds is 1. The second-order valence-corrected chi connectivity index (χ2v) is 8.27. The maximum Gasteiger partial charge on any atom is 0.219 e. The van der Waals surface area contributed by atoms with E-state index < -0.39 is 20.3 Å². The van der Waals surface area contributed by atoms with Gasteiger partial charge in [-0.25, -0.2) is 8.42 Å². The number of nitrogens with zero attached hydrogens (tertiary/aromatic N) is 1. The van der Waals surface area contributed by atoms with Gasteiger partial charge in [-0.1, -0.05) is 0 Å². The van der Waals surface area contributed by atoms with Gasteiger partial charge in [-0.05, 0) is 34.6 Å². The highest BCUT2D eigenvalue weighted by molar-refractivity contribution is 7.90. The molecule has 0 N–H and O–H groups in total. The van der Waals surface area contributed by atoms with E-state index >= 15 is 0 Å². The van der Waals surface area contributed by atoms with Crippen LogP contribution in [0.1, 0.15) is 41.0 Å². The van der Waals surface area contributed by atoms with Crippen LogP contribution in [0.4, 0.5) is 0 Å². The van der Waals surface area contributed by atoms with Gasteiger partial charge in [-0.2, -0.15) is 4.31 Å². The largest absolute Gasteiger partial charge is 0.298 e. The lowest BCUT2D eigenvalue weighted by molar-refractivity contribution is -0.116. The van der Waals surface area contributed by atoms with Crippen LogP contribution in [0.2, 0.25) is 0 Å². The Labute approximate surface area is 91.7 Å². The van der Waals surface area contributed by atoms with Crippen LogP contribution in [0.5, 0.6) is 0 Å². The number of Topliss-reactive ketones (excluding diaryl/α,β-unsaturated/α-hetero) is 1. The fourth-order valence-electron chi connectivity index (χ4n) is 1.74. The molecular weight excluding hydrogens is 214 g/mol. The number of sulfonamides is 1. The molecule has 0 bridgehead atoms. The number of carbonyl (C=O) groups excluding carboxylic acids is 1. The first-order valence-electron chi connectivity index (χ1n) is 5.02. The Hall–Kier alpha value is -0.420. The summed E-state index contributed by atoms with van der Waals surface area (Å²) in [6.45, 7) is 8.57. The van der Waals surface area contributed by atoms with E-state index in [9.17, 15) is 13.2 Å². The molecule has 0 amide bonds. The predicted molar refractivity (Wildman–Crippen MR) is 59.1 cm³/mol. The van der Waals surface area contributed by atoms with Crippen LogP contribution >= 0.6 is 0 Å². The molecule has 5 heteroatoms. The fraction of sp³-hybridized carbons (Fsp3) is 0.900. The second-order valence-electron chi connectivity index (χ2n) is 5.65. The number of hydrogen-bond acceptors (Lipinski definition) is 3. The first-order chi connectivity index (χ1) is 6.48. The Morgan fingerprint density at radius 1 is 1.27 bits per heavy atom. The van der Waals surface area contributed by atoms with Gasteiger partial charge in [0.05, 0.1) is 11.3 Å². The summed E-state index contributed by atoms with van der Waals surface area (Å²) in [6, 6.07) is 0. The van der Waals surface area contributed by atoms with E-state index in [2.05, 4.69) is 0 Å². The highest BCUT2D eigenvalue weighted by Gasteiger charge is 2.48. The summed E-state index contributed by atoms with van der Waals surface area (Å²) in [7, 11) is -3.40. The summed E-state index contributed by atoms with van der Waals surface area (Å²) < 4.78 is 24.9. The van der Waals surface area contributed by atoms with Crippen LogP contribution in [0.25, 0.3) is 0 Å². The van der Waals surface area contributed by atoms with Crippen LogP contribution in [-0.2, 0) is 14.8 Å². The number of ketones is 1. The zero-order valence-electron chi connectivity index (χ0n) is 9.99. The summed E-state index contributed by atoms with van der Waals surface area (Å²) in [6.07, 6.45) is 0.308. The fourth-order valence-corrected chi connectivity index (χ4v) is 3.43. The molecule has 0 aromatic rings. The van der Waals surface area contributed by atoms with Crippen molar-refractivity contribution >= 4 is 15.8 Å². The van der Waals surface area contributed by atoms with Gasteiger partial charge in [-0.3, -0.25) is 4.79 Å². The average Bonchev–Trinajstić information content (AvgIpc) is 2.21. The third-order valence-electron chi connectivity index (χ3n) is 2.69. The zero-order chi connectivity index (χ0) is 12.1. The molecule has 0 atom stereocenters. The van der Waals surface area contributed by atoms with E-state index in [4.69, 9.17) is 0 Å². The van der Waals surface area contributed by atoms with E-state index in [1.165, 1.54) is 4.31 Å². The van der Waals surface area contributed by atoms with Crippen molar-refractivity contribution in [2.24, 2.45) is 0 Å². The number of carbonyl (C=O) groups is 1. The molecule has 0 spiro atoms. The molecule has 0 unspecified atom stereocenters. The molecule has 88 valence electrons. The van der Waals surface area contributed by atoms with Crippen molar-refractivity contribution in [3.8, 4) is 0 Å². The van der Waals surface area contributed by atoms with Gasteiger partial charge in [0.1, 0.15) is 5.78 Å². The lowest BCUT2D eigenvalue weighted by atomic mass is 10.0. The second kappa shape index (κ2) is 3.28. The van der Waals surface area contributed by atoms with Crippen LogP contribution in [0, 0.1) is 0 Å². The zero-order valence-corrected chi connectivity index (χ0v) is 10.8. The van der Waals surface area contributed by atoms with Crippen LogP contribution in [-0.4, -0.2) is 35.3 Å². The normalized spacial score (nSPS) is 23.4. The Balaban J connectivity index is 3.15. The first kappa shape index (κ1) is 12.6. The van der Waals surface area contributed by atoms with Crippen molar-refractivity contribution in [2.45, 2.75) is 51.3 Å². The third-order valence-corrected chi connectivity index (χ3v) is 5.44. The molecule has 0 aromatic heterocycles. The van der Waals surface area contributed by atoms with Gasteiger partial charge < -0.3 is 0 Å². The van der Waals surface area contributed by atoms with Gasteiger partial charge in [-0.15, -0.1) is 0 Å². The molecule has 0 radical (unpaired) electrons. The Kier molecular flexibility index (Phi) is 2.77. The Bertz CT molecular complexity index is 376. The van der Waals surface area contributed by atoms with Gasteiger partial charge in [0.2, 0.25) is 10.0 Å². The highest BCUT2D eigenvalue weighted by Crippen LogP contribution is 2.33. The summed E-state index contributed by atoms with van der Waals surface area (Å²) in [4.78, 5) is 11.3. The van der Waals surface area contributed by atoms with E-state index in [-0.39, 0.29) is 12.3 Å². The molecule has 1 aliphatic rings. The average molecular weight is 233 g/mol. The van der Waals surface area contributed by atoms with Gasteiger partial charge in [0.25, 0.3) is 0 Å². The maximum absolute atomic E-state index is 12.2. The summed E-state index contributed by atoms with van der Waals surface area (Å²) in [5.41, 5.74) is -0.580. The van der Waals surface area contributed by atoms with E-state index in [1.807, 2.05) is 0 Å². The molecule has 1 saturated heterocycles. The van der Waals surface area contributed by atoms with E-state index in [0.717, 1.165) is 0 Å². The van der Waals surface area contributed by atoms with Crippen molar-refractivity contribution in [2.75, 3.05) is 6.54 Å². The van der Waals surface area contributed by atoms with Gasteiger partial charge >= 0.3 is 0 Å². The minimum absolute atomic E-state index is 0.00664. The standard InChI is InChI=1S/C10H19NO3S/c1-9(2,3)15(13,14)11-7-8(12)6-10(11,4)5/h6-7H2,1-5H3. The SMILES string of the molecule is CC1(C)CC(=O)CN1S(=O)(=O)C(C)(C)C. The van der Waals surface area contributed by atoms with Crippen molar-refractivity contribution in [1.82, 2.24) is 4.31 Å². The first-order valence-corrected chi connectivity index (χ1v) is 6.46. The Morgan fingerprint density at radius 3 is 2.00 bits per heavy atom.